The predicted molar refractivity (Wildman–Crippen MR) is 129 cm³/mol. The van der Waals surface area contributed by atoms with E-state index in [1.54, 1.807) is 24.4 Å². The molecule has 3 fully saturated rings. The van der Waals surface area contributed by atoms with Gasteiger partial charge in [-0.2, -0.15) is 10.1 Å². The quantitative estimate of drug-likeness (QED) is 0.441. The van der Waals surface area contributed by atoms with Crippen molar-refractivity contribution in [2.75, 3.05) is 17.2 Å². The molecule has 2 bridgehead atoms. The van der Waals surface area contributed by atoms with E-state index < -0.39 is 5.91 Å². The number of carbonyl (C=O) groups excluding carboxylic acids is 1. The first-order chi connectivity index (χ1) is 16.5. The second kappa shape index (κ2) is 8.72. The monoisotopic (exact) mass is 499 g/mol. The molecule has 0 radical (unpaired) electrons. The zero-order valence-electron chi connectivity index (χ0n) is 18.2. The lowest BCUT2D eigenvalue weighted by Crippen LogP contribution is -2.31. The van der Waals surface area contributed by atoms with Crippen molar-refractivity contribution in [1.82, 2.24) is 25.1 Å². The highest BCUT2D eigenvalue weighted by molar-refractivity contribution is 6.40. The average Bonchev–Trinajstić information content (AvgIpc) is 3.20. The van der Waals surface area contributed by atoms with Crippen LogP contribution in [0.3, 0.4) is 0 Å². The summed E-state index contributed by atoms with van der Waals surface area (Å²) in [5.74, 6) is 0.719. The lowest BCUT2D eigenvalue weighted by atomic mass is 10.0. The number of anilines is 3. The number of fused-ring (bicyclic) bond motifs is 2. The molecule has 11 heteroatoms. The van der Waals surface area contributed by atoms with E-state index in [4.69, 9.17) is 27.9 Å². The third kappa shape index (κ3) is 4.31. The van der Waals surface area contributed by atoms with E-state index in [2.05, 4.69) is 31.0 Å². The van der Waals surface area contributed by atoms with Gasteiger partial charge in [-0.15, -0.1) is 0 Å². The van der Waals surface area contributed by atoms with Crippen LogP contribution in [0.25, 0.3) is 0 Å². The van der Waals surface area contributed by atoms with Gasteiger partial charge in [0.05, 0.1) is 33.7 Å². The minimum Gasteiger partial charge on any atom is -0.474 e. The van der Waals surface area contributed by atoms with E-state index >= 15 is 0 Å². The van der Waals surface area contributed by atoms with Crippen LogP contribution < -0.4 is 20.7 Å². The number of benzene rings is 1. The summed E-state index contributed by atoms with van der Waals surface area (Å²) in [6, 6.07) is 6.03. The van der Waals surface area contributed by atoms with E-state index in [0.717, 1.165) is 31.5 Å². The molecule has 1 aromatic carbocycles. The van der Waals surface area contributed by atoms with Crippen molar-refractivity contribution in [1.29, 1.82) is 0 Å². The minimum atomic E-state index is -0.449. The van der Waals surface area contributed by atoms with Crippen LogP contribution in [0, 0.1) is 5.92 Å². The van der Waals surface area contributed by atoms with Crippen molar-refractivity contribution in [3.05, 3.63) is 52.4 Å². The highest BCUT2D eigenvalue weighted by Crippen LogP contribution is 2.40. The van der Waals surface area contributed by atoms with Crippen LogP contribution in [-0.2, 0) is 0 Å². The molecule has 2 aliphatic carbocycles. The van der Waals surface area contributed by atoms with Gasteiger partial charge >= 0.3 is 0 Å². The van der Waals surface area contributed by atoms with E-state index in [-0.39, 0.29) is 17.5 Å². The zero-order chi connectivity index (χ0) is 23.2. The van der Waals surface area contributed by atoms with Crippen LogP contribution >= 0.6 is 23.2 Å². The van der Waals surface area contributed by atoms with Crippen molar-refractivity contribution in [3.63, 3.8) is 0 Å². The summed E-state index contributed by atoms with van der Waals surface area (Å²) >= 11 is 12.4. The molecule has 1 saturated heterocycles. The van der Waals surface area contributed by atoms with Gasteiger partial charge in [0, 0.05) is 25.0 Å². The Labute approximate surface area is 206 Å². The summed E-state index contributed by atoms with van der Waals surface area (Å²) in [6.07, 6.45) is 9.40. The van der Waals surface area contributed by atoms with Gasteiger partial charge in [-0.05, 0) is 43.7 Å². The fourth-order valence-corrected chi connectivity index (χ4v) is 5.15. The summed E-state index contributed by atoms with van der Waals surface area (Å²) < 4.78 is 7.96. The second-order valence-corrected chi connectivity index (χ2v) is 9.83. The van der Waals surface area contributed by atoms with Crippen molar-refractivity contribution >= 4 is 46.4 Å². The predicted octanol–water partition coefficient (Wildman–Crippen LogP) is 4.44. The maximum atomic E-state index is 13.0. The number of piperidine rings is 1. The third-order valence-corrected chi connectivity index (χ3v) is 7.16. The highest BCUT2D eigenvalue weighted by atomic mass is 35.5. The summed E-state index contributed by atoms with van der Waals surface area (Å²) in [7, 11) is 0. The molecule has 2 saturated carbocycles. The van der Waals surface area contributed by atoms with Crippen LogP contribution in [0.1, 0.15) is 42.1 Å². The number of nitrogens with one attached hydrogen (secondary N) is 3. The molecule has 1 aliphatic heterocycles. The van der Waals surface area contributed by atoms with Crippen molar-refractivity contribution in [2.24, 2.45) is 5.92 Å². The Morgan fingerprint density at radius 1 is 1.18 bits per heavy atom. The second-order valence-electron chi connectivity index (χ2n) is 9.02. The van der Waals surface area contributed by atoms with Gasteiger partial charge in [-0.25, -0.2) is 4.98 Å². The Hall–Kier alpha value is -2.88. The number of hydrogen-bond donors (Lipinski definition) is 3. The van der Waals surface area contributed by atoms with Crippen LogP contribution in [0.15, 0.2) is 36.8 Å². The molecule has 3 aliphatic rings. The fourth-order valence-electron chi connectivity index (χ4n) is 4.66. The van der Waals surface area contributed by atoms with E-state index in [0.29, 0.717) is 39.7 Å². The normalized spacial score (nSPS) is 23.2. The Kier molecular flexibility index (Phi) is 5.55. The summed E-state index contributed by atoms with van der Waals surface area (Å²) in [5.41, 5.74) is 1.32. The van der Waals surface area contributed by atoms with Gasteiger partial charge < -0.3 is 20.7 Å². The Balaban J connectivity index is 1.21. The van der Waals surface area contributed by atoms with Gasteiger partial charge in [-0.3, -0.25) is 9.48 Å². The molecule has 3 N–H and O–H groups in total. The van der Waals surface area contributed by atoms with Gasteiger partial charge in [0.25, 0.3) is 5.91 Å². The van der Waals surface area contributed by atoms with Crippen LogP contribution in [-0.4, -0.2) is 44.3 Å². The van der Waals surface area contributed by atoms with E-state index in [9.17, 15) is 4.79 Å². The van der Waals surface area contributed by atoms with Gasteiger partial charge in [0.2, 0.25) is 11.8 Å². The van der Waals surface area contributed by atoms with Crippen molar-refractivity contribution < 1.29 is 9.53 Å². The number of para-hydroxylation sites is 1. The van der Waals surface area contributed by atoms with Gasteiger partial charge in [0.15, 0.2) is 0 Å². The first kappa shape index (κ1) is 21.6. The molecule has 3 heterocycles. The minimum absolute atomic E-state index is 0.0485. The molecule has 6 rings (SSSR count). The number of rotatable bonds is 7. The smallest absolute Gasteiger partial charge is 0.262 e. The lowest BCUT2D eigenvalue weighted by molar-refractivity contribution is 0.102. The maximum absolute atomic E-state index is 13.0. The SMILES string of the molecule is O=C(Nc1c(Cl)cccc1Cl)c1cnc(Nc2cnn([C@H]3C[C@@H]4C[C@H]3CN4)c2)nc1OC1CC1. The molecular formula is C23H23Cl2N7O2. The fraction of sp³-hybridized carbons (Fsp3) is 0.391. The average molecular weight is 500 g/mol. The van der Waals surface area contributed by atoms with Crippen molar-refractivity contribution in [2.45, 2.75) is 43.9 Å². The van der Waals surface area contributed by atoms with Crippen LogP contribution in [0.2, 0.25) is 10.0 Å². The van der Waals surface area contributed by atoms with Crippen LogP contribution in [0.4, 0.5) is 17.3 Å². The summed E-state index contributed by atoms with van der Waals surface area (Å²) in [6.45, 7) is 1.05. The number of halogens is 2. The van der Waals surface area contributed by atoms with E-state index in [1.165, 1.54) is 12.6 Å². The molecule has 176 valence electrons. The summed E-state index contributed by atoms with van der Waals surface area (Å²) in [4.78, 5) is 21.8. The number of aromatic nitrogens is 4. The molecular weight excluding hydrogens is 477 g/mol. The standard InChI is InChI=1S/C23H23Cl2N7O2/c24-17-2-1-3-18(25)20(17)30-21(33)16-10-27-23(31-22(16)34-15-4-5-15)29-14-9-28-32(11-14)19-7-13-6-12(19)8-26-13/h1-3,9-13,15,19,26H,4-8H2,(H,30,33)(H,27,29,31)/t12-,13-,19-/m0/s1. The molecule has 2 aromatic heterocycles. The van der Waals surface area contributed by atoms with Crippen LogP contribution in [0.5, 0.6) is 5.88 Å². The molecule has 3 atom stereocenters. The molecule has 34 heavy (non-hydrogen) atoms. The highest BCUT2D eigenvalue weighted by Gasteiger charge is 2.40. The Bertz CT molecular complexity index is 1230. The summed E-state index contributed by atoms with van der Waals surface area (Å²) in [5, 5.41) is 14.7. The zero-order valence-corrected chi connectivity index (χ0v) is 19.7. The molecule has 9 nitrogen and oxygen atoms in total. The number of nitrogens with zero attached hydrogens (tertiary/aromatic N) is 4. The number of amides is 1. The van der Waals surface area contributed by atoms with E-state index in [1.807, 2.05) is 10.9 Å². The topological polar surface area (TPSA) is 106 Å². The first-order valence-corrected chi connectivity index (χ1v) is 12.1. The van der Waals surface area contributed by atoms with Crippen molar-refractivity contribution in [3.8, 4) is 5.88 Å². The number of carbonyl (C=O) groups is 1. The van der Waals surface area contributed by atoms with Gasteiger partial charge in [-0.1, -0.05) is 29.3 Å². The maximum Gasteiger partial charge on any atom is 0.262 e. The lowest BCUT2D eigenvalue weighted by Gasteiger charge is -2.22. The van der Waals surface area contributed by atoms with Gasteiger partial charge in [0.1, 0.15) is 11.7 Å². The molecule has 0 unspecified atom stereocenters. The molecule has 1 amide bonds. The molecule has 0 spiro atoms. The first-order valence-electron chi connectivity index (χ1n) is 11.4. The largest absolute Gasteiger partial charge is 0.474 e. The third-order valence-electron chi connectivity index (χ3n) is 6.53. The molecule has 3 aromatic rings. The number of ether oxygens (including phenoxy) is 1. The Morgan fingerprint density at radius 2 is 2.00 bits per heavy atom. The number of hydrogen-bond acceptors (Lipinski definition) is 7. The Morgan fingerprint density at radius 3 is 2.71 bits per heavy atom.